The molecule has 0 aromatic heterocycles. The molecule has 1 aromatic carbocycles. The van der Waals surface area contributed by atoms with Crippen LogP contribution < -0.4 is 16.0 Å². The van der Waals surface area contributed by atoms with Gasteiger partial charge in [0, 0.05) is 37.1 Å². The minimum atomic E-state index is -0.279. The first-order valence-corrected chi connectivity index (χ1v) is 10.3. The molecule has 5 nitrogen and oxygen atoms in total. The van der Waals surface area contributed by atoms with Crippen LogP contribution in [0.25, 0.3) is 0 Å². The van der Waals surface area contributed by atoms with Crippen molar-refractivity contribution < 1.29 is 9.59 Å². The third-order valence-corrected chi connectivity index (χ3v) is 5.91. The van der Waals surface area contributed by atoms with E-state index < -0.39 is 0 Å². The molecule has 2 saturated heterocycles. The van der Waals surface area contributed by atoms with E-state index in [4.69, 9.17) is 0 Å². The first kappa shape index (κ1) is 18.4. The Morgan fingerprint density at radius 2 is 2.16 bits per heavy atom. The summed E-state index contributed by atoms with van der Waals surface area (Å²) in [5.74, 6) is 1.91. The number of carbonyl (C=O) groups is 2. The highest BCUT2D eigenvalue weighted by atomic mass is 32.2. The standard InChI is InChI=1S/C19H27N3O2S/c1-2-3-13-4-5-14(17-12-25-9-8-20-17)10-15(13)11-21-16-6-7-18(23)22-19(16)24/h4-5,10,16-17,20-21H,2-3,6-9,11-12H2,1H3,(H,22,23,24). The minimum Gasteiger partial charge on any atom is -0.308 e. The first-order valence-electron chi connectivity index (χ1n) is 9.17. The van der Waals surface area contributed by atoms with Crippen molar-refractivity contribution in [2.75, 3.05) is 18.1 Å². The summed E-state index contributed by atoms with van der Waals surface area (Å²) >= 11 is 1.99. The van der Waals surface area contributed by atoms with Gasteiger partial charge >= 0.3 is 0 Å². The quantitative estimate of drug-likeness (QED) is 0.675. The third kappa shape index (κ3) is 4.84. The molecule has 6 heteroatoms. The summed E-state index contributed by atoms with van der Waals surface area (Å²) in [6.45, 7) is 3.90. The molecule has 2 amide bonds. The fourth-order valence-electron chi connectivity index (χ4n) is 3.44. The fraction of sp³-hybridized carbons (Fsp3) is 0.579. The predicted molar refractivity (Wildman–Crippen MR) is 102 cm³/mol. The van der Waals surface area contributed by atoms with E-state index in [9.17, 15) is 9.59 Å². The van der Waals surface area contributed by atoms with Crippen molar-refractivity contribution in [1.29, 1.82) is 0 Å². The molecule has 0 spiro atoms. The van der Waals surface area contributed by atoms with Crippen LogP contribution in [0.3, 0.4) is 0 Å². The summed E-state index contributed by atoms with van der Waals surface area (Å²) in [5.41, 5.74) is 3.93. The number of imide groups is 1. The number of benzene rings is 1. The number of hydrogen-bond acceptors (Lipinski definition) is 5. The maximum atomic E-state index is 11.9. The second kappa shape index (κ2) is 8.83. The summed E-state index contributed by atoms with van der Waals surface area (Å²) in [6, 6.07) is 6.89. The molecule has 3 rings (SSSR count). The molecule has 25 heavy (non-hydrogen) atoms. The summed E-state index contributed by atoms with van der Waals surface area (Å²) in [4.78, 5) is 23.2. The van der Waals surface area contributed by atoms with Gasteiger partial charge in [0.1, 0.15) is 0 Å². The largest absolute Gasteiger partial charge is 0.308 e. The van der Waals surface area contributed by atoms with Crippen LogP contribution in [0.1, 0.15) is 48.9 Å². The molecule has 2 unspecified atom stereocenters. The molecule has 2 heterocycles. The van der Waals surface area contributed by atoms with Crippen molar-refractivity contribution in [3.8, 4) is 0 Å². The fourth-order valence-corrected chi connectivity index (χ4v) is 4.42. The summed E-state index contributed by atoms with van der Waals surface area (Å²) in [6.07, 6.45) is 3.13. The SMILES string of the molecule is CCCc1ccc(C2CSCCN2)cc1CNC1CCC(=O)NC1=O. The van der Waals surface area contributed by atoms with E-state index in [0.717, 1.165) is 25.1 Å². The average Bonchev–Trinajstić information content (AvgIpc) is 2.63. The molecule has 0 aliphatic carbocycles. The Labute approximate surface area is 153 Å². The van der Waals surface area contributed by atoms with Crippen LogP contribution in [0.4, 0.5) is 0 Å². The molecule has 0 saturated carbocycles. The van der Waals surface area contributed by atoms with Crippen molar-refractivity contribution in [2.45, 2.75) is 51.2 Å². The molecule has 2 aliphatic heterocycles. The smallest absolute Gasteiger partial charge is 0.243 e. The zero-order valence-electron chi connectivity index (χ0n) is 14.8. The van der Waals surface area contributed by atoms with Gasteiger partial charge in [0.2, 0.25) is 11.8 Å². The monoisotopic (exact) mass is 361 g/mol. The Hall–Kier alpha value is -1.37. The predicted octanol–water partition coefficient (Wildman–Crippen LogP) is 1.91. The highest BCUT2D eigenvalue weighted by Crippen LogP contribution is 2.25. The molecule has 136 valence electrons. The van der Waals surface area contributed by atoms with Gasteiger partial charge in [-0.3, -0.25) is 14.9 Å². The van der Waals surface area contributed by atoms with Gasteiger partial charge in [-0.25, -0.2) is 0 Å². The van der Waals surface area contributed by atoms with E-state index in [1.54, 1.807) is 0 Å². The Morgan fingerprint density at radius 3 is 2.88 bits per heavy atom. The number of amides is 2. The van der Waals surface area contributed by atoms with E-state index in [0.29, 0.717) is 25.4 Å². The minimum absolute atomic E-state index is 0.169. The molecule has 2 aliphatic rings. The van der Waals surface area contributed by atoms with Gasteiger partial charge in [-0.05, 0) is 29.5 Å². The first-order chi connectivity index (χ1) is 12.2. The summed E-state index contributed by atoms with van der Waals surface area (Å²) in [7, 11) is 0. The molecule has 1 aromatic rings. The Balaban J connectivity index is 1.70. The van der Waals surface area contributed by atoms with Crippen LogP contribution in [0.15, 0.2) is 18.2 Å². The lowest BCUT2D eigenvalue weighted by Gasteiger charge is -2.26. The van der Waals surface area contributed by atoms with E-state index in [1.807, 2.05) is 11.8 Å². The van der Waals surface area contributed by atoms with Crippen LogP contribution in [-0.2, 0) is 22.6 Å². The zero-order valence-corrected chi connectivity index (χ0v) is 15.6. The second-order valence-corrected chi connectivity index (χ2v) is 7.89. The van der Waals surface area contributed by atoms with Gasteiger partial charge in [0.15, 0.2) is 0 Å². The normalized spacial score (nSPS) is 24.2. The molecule has 2 atom stereocenters. The third-order valence-electron chi connectivity index (χ3n) is 4.85. The number of carbonyl (C=O) groups excluding carboxylic acids is 2. The van der Waals surface area contributed by atoms with Crippen LogP contribution in [0.2, 0.25) is 0 Å². The van der Waals surface area contributed by atoms with Crippen LogP contribution >= 0.6 is 11.8 Å². The molecule has 0 bridgehead atoms. The summed E-state index contributed by atoms with van der Waals surface area (Å²) < 4.78 is 0. The maximum Gasteiger partial charge on any atom is 0.243 e. The van der Waals surface area contributed by atoms with Gasteiger partial charge in [0.25, 0.3) is 0 Å². The average molecular weight is 362 g/mol. The number of hydrogen-bond donors (Lipinski definition) is 3. The number of piperidine rings is 1. The van der Waals surface area contributed by atoms with Crippen LogP contribution in [0.5, 0.6) is 0 Å². The maximum absolute atomic E-state index is 11.9. The highest BCUT2D eigenvalue weighted by Gasteiger charge is 2.26. The van der Waals surface area contributed by atoms with Crippen LogP contribution in [-0.4, -0.2) is 35.9 Å². The lowest BCUT2D eigenvalue weighted by atomic mass is 9.96. The Bertz CT molecular complexity index is 629. The van der Waals surface area contributed by atoms with E-state index in [-0.39, 0.29) is 17.9 Å². The van der Waals surface area contributed by atoms with E-state index in [1.165, 1.54) is 22.4 Å². The van der Waals surface area contributed by atoms with Gasteiger partial charge < -0.3 is 10.6 Å². The molecule has 2 fully saturated rings. The van der Waals surface area contributed by atoms with Crippen molar-refractivity contribution >= 4 is 23.6 Å². The number of rotatable bonds is 6. The zero-order chi connectivity index (χ0) is 17.6. The van der Waals surface area contributed by atoms with Crippen LogP contribution in [0, 0.1) is 0 Å². The van der Waals surface area contributed by atoms with Gasteiger partial charge in [-0.1, -0.05) is 31.5 Å². The topological polar surface area (TPSA) is 70.2 Å². The number of nitrogens with one attached hydrogen (secondary N) is 3. The second-order valence-electron chi connectivity index (χ2n) is 6.74. The van der Waals surface area contributed by atoms with Crippen molar-refractivity contribution in [2.24, 2.45) is 0 Å². The van der Waals surface area contributed by atoms with E-state index >= 15 is 0 Å². The molecular formula is C19H27N3O2S. The van der Waals surface area contributed by atoms with Gasteiger partial charge in [-0.2, -0.15) is 11.8 Å². The molecule has 3 N–H and O–H groups in total. The Kier molecular flexibility index (Phi) is 6.51. The number of aryl methyl sites for hydroxylation is 1. The number of thioether (sulfide) groups is 1. The Morgan fingerprint density at radius 1 is 1.28 bits per heavy atom. The lowest BCUT2D eigenvalue weighted by molar-refractivity contribution is -0.134. The highest BCUT2D eigenvalue weighted by molar-refractivity contribution is 7.99. The molecular weight excluding hydrogens is 334 g/mol. The van der Waals surface area contributed by atoms with Gasteiger partial charge in [-0.15, -0.1) is 0 Å². The lowest BCUT2D eigenvalue weighted by Crippen LogP contribution is -2.50. The molecule has 0 radical (unpaired) electrons. The summed E-state index contributed by atoms with van der Waals surface area (Å²) in [5, 5.41) is 9.35. The van der Waals surface area contributed by atoms with Crippen molar-refractivity contribution in [1.82, 2.24) is 16.0 Å². The van der Waals surface area contributed by atoms with E-state index in [2.05, 4.69) is 41.1 Å². The van der Waals surface area contributed by atoms with Crippen molar-refractivity contribution in [3.05, 3.63) is 34.9 Å². The van der Waals surface area contributed by atoms with Gasteiger partial charge in [0.05, 0.1) is 6.04 Å². The van der Waals surface area contributed by atoms with Crippen molar-refractivity contribution in [3.63, 3.8) is 0 Å².